The molecule has 2 heterocycles. The van der Waals surface area contributed by atoms with Crippen LogP contribution in [0.2, 0.25) is 0 Å². The lowest BCUT2D eigenvalue weighted by Gasteiger charge is -2.23. The highest BCUT2D eigenvalue weighted by molar-refractivity contribution is 6.21. The molecule has 3 aliphatic rings. The van der Waals surface area contributed by atoms with Crippen LogP contribution < -0.4 is 0 Å². The Kier molecular flexibility index (Phi) is 4.05. The average molecular weight is 370 g/mol. The van der Waals surface area contributed by atoms with Gasteiger partial charge in [0.1, 0.15) is 6.04 Å². The number of hydroxylamine groups is 2. The molecule has 1 saturated heterocycles. The van der Waals surface area contributed by atoms with Gasteiger partial charge in [-0.2, -0.15) is 0 Å². The molecule has 8 heteroatoms. The molecule has 1 saturated carbocycles. The molecular formula is C19H18N2O6. The number of imide groups is 2. The lowest BCUT2D eigenvalue weighted by atomic mass is 9.81. The number of hydrogen-bond donors (Lipinski definition) is 0. The van der Waals surface area contributed by atoms with E-state index in [1.54, 1.807) is 12.1 Å². The Morgan fingerprint density at radius 2 is 1.44 bits per heavy atom. The summed E-state index contributed by atoms with van der Waals surface area (Å²) in [6, 6.07) is 4.92. The number of nitrogens with zero attached hydrogens (tertiary/aromatic N) is 2. The van der Waals surface area contributed by atoms with Crippen LogP contribution in [0.15, 0.2) is 24.3 Å². The first-order valence-corrected chi connectivity index (χ1v) is 8.98. The van der Waals surface area contributed by atoms with Gasteiger partial charge in [0.05, 0.1) is 23.0 Å². The van der Waals surface area contributed by atoms with Gasteiger partial charge in [-0.25, -0.2) is 4.79 Å². The van der Waals surface area contributed by atoms with Crippen LogP contribution in [-0.2, 0) is 19.2 Å². The fraction of sp³-hybridized carbons (Fsp3) is 0.421. The number of rotatable bonds is 3. The van der Waals surface area contributed by atoms with Gasteiger partial charge in [-0.05, 0) is 31.9 Å². The zero-order valence-electron chi connectivity index (χ0n) is 14.7. The molecular weight excluding hydrogens is 352 g/mol. The van der Waals surface area contributed by atoms with Crippen LogP contribution in [0.1, 0.15) is 53.3 Å². The number of likely N-dealkylation sites (tertiary alicyclic amines) is 1. The van der Waals surface area contributed by atoms with E-state index in [4.69, 9.17) is 4.84 Å². The maximum absolute atomic E-state index is 12.6. The van der Waals surface area contributed by atoms with Crippen molar-refractivity contribution in [2.75, 3.05) is 0 Å². The highest BCUT2D eigenvalue weighted by Gasteiger charge is 2.52. The van der Waals surface area contributed by atoms with E-state index in [1.165, 1.54) is 19.1 Å². The largest absolute Gasteiger partial charge is 0.355 e. The van der Waals surface area contributed by atoms with Gasteiger partial charge in [-0.3, -0.25) is 24.1 Å². The third-order valence-electron chi connectivity index (χ3n) is 5.54. The number of amides is 4. The van der Waals surface area contributed by atoms with Gasteiger partial charge in [0.25, 0.3) is 11.8 Å². The second-order valence-electron chi connectivity index (χ2n) is 7.08. The van der Waals surface area contributed by atoms with E-state index in [0.717, 1.165) is 17.7 Å². The minimum atomic E-state index is -1.21. The van der Waals surface area contributed by atoms with Crippen molar-refractivity contribution < 1.29 is 28.8 Å². The highest BCUT2D eigenvalue weighted by atomic mass is 16.7. The minimum absolute atomic E-state index is 0.141. The molecule has 3 atom stereocenters. The Labute approximate surface area is 155 Å². The predicted molar refractivity (Wildman–Crippen MR) is 89.8 cm³/mol. The van der Waals surface area contributed by atoms with E-state index < -0.39 is 23.8 Å². The van der Waals surface area contributed by atoms with Gasteiger partial charge in [0.15, 0.2) is 0 Å². The summed E-state index contributed by atoms with van der Waals surface area (Å²) in [7, 11) is 0. The van der Waals surface area contributed by atoms with Gasteiger partial charge < -0.3 is 4.84 Å². The Hall–Kier alpha value is -3.03. The number of benzene rings is 1. The van der Waals surface area contributed by atoms with E-state index in [1.807, 2.05) is 0 Å². The van der Waals surface area contributed by atoms with Crippen LogP contribution in [0.5, 0.6) is 0 Å². The summed E-state index contributed by atoms with van der Waals surface area (Å²) in [5.74, 6) is -4.02. The quantitative estimate of drug-likeness (QED) is 0.744. The van der Waals surface area contributed by atoms with E-state index in [2.05, 4.69) is 0 Å². The summed E-state index contributed by atoms with van der Waals surface area (Å²) < 4.78 is 0. The molecule has 3 unspecified atom stereocenters. The zero-order chi connectivity index (χ0) is 19.3. The van der Waals surface area contributed by atoms with Gasteiger partial charge >= 0.3 is 5.97 Å². The van der Waals surface area contributed by atoms with Gasteiger partial charge in [0, 0.05) is 0 Å². The summed E-state index contributed by atoms with van der Waals surface area (Å²) in [4.78, 5) is 68.2. The Bertz CT molecular complexity index is 820. The number of hydrogen-bond acceptors (Lipinski definition) is 6. The Morgan fingerprint density at radius 1 is 0.963 bits per heavy atom. The van der Waals surface area contributed by atoms with Gasteiger partial charge in [-0.15, -0.1) is 0 Å². The molecule has 0 aromatic heterocycles. The first-order chi connectivity index (χ1) is 12.9. The molecule has 0 radical (unpaired) electrons. The maximum atomic E-state index is 12.6. The molecule has 1 aromatic carbocycles. The fourth-order valence-electron chi connectivity index (χ4n) is 4.09. The monoisotopic (exact) mass is 370 g/mol. The van der Waals surface area contributed by atoms with E-state index in [0.29, 0.717) is 17.9 Å². The van der Waals surface area contributed by atoms with Gasteiger partial charge in [0.2, 0.25) is 11.8 Å². The van der Waals surface area contributed by atoms with Crippen molar-refractivity contribution >= 4 is 29.6 Å². The van der Waals surface area contributed by atoms with Crippen LogP contribution in [0.3, 0.4) is 0 Å². The van der Waals surface area contributed by atoms with Crippen molar-refractivity contribution in [3.63, 3.8) is 0 Å². The molecule has 2 fully saturated rings. The molecule has 27 heavy (non-hydrogen) atoms. The third-order valence-corrected chi connectivity index (χ3v) is 5.54. The number of carbonyl (C=O) groups is 5. The van der Waals surface area contributed by atoms with Crippen molar-refractivity contribution in [1.82, 2.24) is 9.96 Å². The predicted octanol–water partition coefficient (Wildman–Crippen LogP) is 1.30. The van der Waals surface area contributed by atoms with Crippen LogP contribution in [0.4, 0.5) is 0 Å². The minimum Gasteiger partial charge on any atom is -0.327 e. The smallest absolute Gasteiger partial charge is 0.327 e. The first kappa shape index (κ1) is 17.4. The van der Waals surface area contributed by atoms with Crippen molar-refractivity contribution in [3.05, 3.63) is 35.4 Å². The summed E-state index contributed by atoms with van der Waals surface area (Å²) in [6.07, 6.45) is 3.02. The zero-order valence-corrected chi connectivity index (χ0v) is 14.7. The van der Waals surface area contributed by atoms with Crippen molar-refractivity contribution in [1.29, 1.82) is 0 Å². The second kappa shape index (κ2) is 6.29. The first-order valence-electron chi connectivity index (χ1n) is 8.98. The molecule has 0 spiro atoms. The summed E-state index contributed by atoms with van der Waals surface area (Å²) in [5.41, 5.74) is 0.282. The molecule has 4 amide bonds. The molecule has 8 nitrogen and oxygen atoms in total. The summed E-state index contributed by atoms with van der Waals surface area (Å²) >= 11 is 0. The third kappa shape index (κ3) is 2.55. The molecule has 0 bridgehead atoms. The second-order valence-corrected chi connectivity index (χ2v) is 7.08. The SMILES string of the molecule is CC(C(=O)ON1C(=O)c2ccccc2C1=O)N1C(=O)C2CCCCC2C1=O. The van der Waals surface area contributed by atoms with E-state index in [9.17, 15) is 24.0 Å². The number of carbonyl (C=O) groups excluding carboxylic acids is 5. The number of fused-ring (bicyclic) bond motifs is 2. The lowest BCUT2D eigenvalue weighted by molar-refractivity contribution is -0.177. The summed E-state index contributed by atoms with van der Waals surface area (Å²) in [5, 5.41) is 0.390. The van der Waals surface area contributed by atoms with Crippen LogP contribution in [0, 0.1) is 11.8 Å². The topological polar surface area (TPSA) is 101 Å². The van der Waals surface area contributed by atoms with Crippen LogP contribution in [-0.4, -0.2) is 45.6 Å². The van der Waals surface area contributed by atoms with Crippen LogP contribution in [0.25, 0.3) is 0 Å². The standard InChI is InChI=1S/C19H18N2O6/c1-10(20-15(22)11-6-2-3-7-12(11)16(20)23)19(26)27-21-17(24)13-8-4-5-9-14(13)18(21)25/h4-5,8-12H,2-3,6-7H2,1H3. The van der Waals surface area contributed by atoms with Crippen LogP contribution >= 0.6 is 0 Å². The normalized spacial score (nSPS) is 25.5. The molecule has 1 aromatic rings. The van der Waals surface area contributed by atoms with Crippen molar-refractivity contribution in [2.24, 2.45) is 11.8 Å². The molecule has 1 aliphatic carbocycles. The van der Waals surface area contributed by atoms with E-state index >= 15 is 0 Å². The van der Waals surface area contributed by atoms with E-state index in [-0.39, 0.29) is 34.8 Å². The maximum Gasteiger partial charge on any atom is 0.355 e. The lowest BCUT2D eigenvalue weighted by Crippen LogP contribution is -2.47. The Morgan fingerprint density at radius 3 is 1.93 bits per heavy atom. The highest BCUT2D eigenvalue weighted by Crippen LogP contribution is 2.39. The fourth-order valence-corrected chi connectivity index (χ4v) is 4.09. The Balaban J connectivity index is 1.51. The average Bonchev–Trinajstić information content (AvgIpc) is 3.08. The molecule has 4 rings (SSSR count). The van der Waals surface area contributed by atoms with Crippen molar-refractivity contribution in [2.45, 2.75) is 38.6 Å². The molecule has 0 N–H and O–H groups in total. The molecule has 140 valence electrons. The van der Waals surface area contributed by atoms with Crippen molar-refractivity contribution in [3.8, 4) is 0 Å². The van der Waals surface area contributed by atoms with Gasteiger partial charge in [-0.1, -0.05) is 30.0 Å². The molecule has 2 aliphatic heterocycles. The summed E-state index contributed by atoms with van der Waals surface area (Å²) in [6.45, 7) is 1.37.